The number of carbonyl (C=O) groups is 4. The Bertz CT molecular complexity index is 1750. The molecule has 2 aliphatic rings. The monoisotopic (exact) mass is 770 g/mol. The average molecular weight is 771 g/mol. The van der Waals surface area contributed by atoms with Crippen molar-refractivity contribution in [2.24, 2.45) is 0 Å². The number of urea groups is 1. The molecule has 1 aliphatic carbocycles. The van der Waals surface area contributed by atoms with Crippen LogP contribution in [0.5, 0.6) is 0 Å². The Hall–Kier alpha value is -5.24. The number of para-hydroxylation sites is 1. The fraction of sp³-hybridized carbons (Fsp3) is 0.524. The number of likely N-dealkylation sites (tertiary alicyclic amines) is 1. The summed E-state index contributed by atoms with van der Waals surface area (Å²) in [6, 6.07) is 16.4. The third kappa shape index (κ3) is 12.9. The number of anilines is 3. The lowest BCUT2D eigenvalue weighted by atomic mass is 9.83. The first-order chi connectivity index (χ1) is 26.6. The highest BCUT2D eigenvalue weighted by molar-refractivity contribution is 6.08. The summed E-state index contributed by atoms with van der Waals surface area (Å²) in [7, 11) is 0. The summed E-state index contributed by atoms with van der Waals surface area (Å²) < 4.78 is 10.9. The fourth-order valence-corrected chi connectivity index (χ4v) is 6.73. The second-order valence-corrected chi connectivity index (χ2v) is 16.5. The van der Waals surface area contributed by atoms with E-state index in [-0.39, 0.29) is 36.3 Å². The van der Waals surface area contributed by atoms with Crippen molar-refractivity contribution in [2.45, 2.75) is 116 Å². The second kappa shape index (κ2) is 19.1. The summed E-state index contributed by atoms with van der Waals surface area (Å²) in [5.74, 6) is 0.619. The van der Waals surface area contributed by atoms with Gasteiger partial charge >= 0.3 is 18.2 Å². The minimum atomic E-state index is -0.905. The molecule has 0 atom stereocenters. The second-order valence-electron chi connectivity index (χ2n) is 16.5. The average Bonchev–Trinajstić information content (AvgIpc) is 3.14. The Labute approximate surface area is 330 Å². The van der Waals surface area contributed by atoms with Crippen LogP contribution in [0.15, 0.2) is 60.8 Å². The van der Waals surface area contributed by atoms with Gasteiger partial charge in [-0.1, -0.05) is 30.7 Å². The van der Waals surface area contributed by atoms with Gasteiger partial charge in [-0.3, -0.25) is 4.79 Å². The van der Waals surface area contributed by atoms with E-state index in [2.05, 4.69) is 31.2 Å². The van der Waals surface area contributed by atoms with E-state index < -0.39 is 23.4 Å². The van der Waals surface area contributed by atoms with Crippen molar-refractivity contribution in [1.82, 2.24) is 30.8 Å². The molecule has 5 rings (SSSR count). The molecule has 0 unspecified atom stereocenters. The van der Waals surface area contributed by atoms with Crippen LogP contribution in [0.4, 0.5) is 31.7 Å². The SMILES string of the molecule is CC(C)(C)OC(=O)N(C(=O)OC(C)(C)C)c1ccc(CNC(=O)NC2CCC(c3ccc(C(=O)NCCN4CCCCC4)c(Nc4ccccc4)n3)CC2)cn1. The zero-order valence-corrected chi connectivity index (χ0v) is 33.7. The molecule has 1 aliphatic heterocycles. The van der Waals surface area contributed by atoms with Gasteiger partial charge in [-0.05, 0) is 129 Å². The van der Waals surface area contributed by atoms with E-state index in [1.165, 1.54) is 31.5 Å². The maximum absolute atomic E-state index is 13.4. The number of imide groups is 1. The van der Waals surface area contributed by atoms with Gasteiger partial charge in [0.25, 0.3) is 5.91 Å². The summed E-state index contributed by atoms with van der Waals surface area (Å²) in [6.07, 6.45) is 6.61. The number of benzene rings is 1. The molecule has 302 valence electrons. The molecule has 2 fully saturated rings. The molecule has 1 saturated carbocycles. The van der Waals surface area contributed by atoms with Crippen molar-refractivity contribution in [2.75, 3.05) is 36.4 Å². The molecule has 56 heavy (non-hydrogen) atoms. The van der Waals surface area contributed by atoms with Crippen molar-refractivity contribution >= 4 is 41.4 Å². The van der Waals surface area contributed by atoms with Crippen LogP contribution in [0.25, 0.3) is 0 Å². The van der Waals surface area contributed by atoms with Gasteiger partial charge in [-0.2, -0.15) is 4.90 Å². The van der Waals surface area contributed by atoms with Crippen LogP contribution in [0, 0.1) is 0 Å². The van der Waals surface area contributed by atoms with Crippen LogP contribution < -0.4 is 26.2 Å². The number of aromatic nitrogens is 2. The lowest BCUT2D eigenvalue weighted by Crippen LogP contribution is -2.44. The lowest BCUT2D eigenvalue weighted by molar-refractivity contribution is 0.0428. The molecule has 3 aromatic rings. The number of carbonyl (C=O) groups excluding carboxylic acids is 4. The molecule has 4 N–H and O–H groups in total. The van der Waals surface area contributed by atoms with Gasteiger partial charge in [0, 0.05) is 49.2 Å². The van der Waals surface area contributed by atoms with Gasteiger partial charge in [-0.25, -0.2) is 24.4 Å². The largest absolute Gasteiger partial charge is 0.443 e. The Balaban J connectivity index is 1.13. The summed E-state index contributed by atoms with van der Waals surface area (Å²) in [4.78, 5) is 64.6. The number of hydrogen-bond donors (Lipinski definition) is 4. The number of nitrogens with zero attached hydrogens (tertiary/aromatic N) is 4. The first-order valence-corrected chi connectivity index (χ1v) is 19.7. The van der Waals surface area contributed by atoms with Crippen LogP contribution >= 0.6 is 0 Å². The Morgan fingerprint density at radius 2 is 1.46 bits per heavy atom. The summed E-state index contributed by atoms with van der Waals surface area (Å²) in [5, 5.41) is 12.4. The quantitative estimate of drug-likeness (QED) is 0.152. The molecule has 1 aromatic carbocycles. The Morgan fingerprint density at radius 1 is 0.804 bits per heavy atom. The first kappa shape index (κ1) is 41.9. The van der Waals surface area contributed by atoms with E-state index in [4.69, 9.17) is 14.5 Å². The van der Waals surface area contributed by atoms with E-state index >= 15 is 0 Å². The number of piperidine rings is 1. The van der Waals surface area contributed by atoms with Crippen molar-refractivity contribution in [3.8, 4) is 0 Å². The van der Waals surface area contributed by atoms with Crippen molar-refractivity contribution in [3.05, 3.63) is 77.6 Å². The maximum Gasteiger partial charge on any atom is 0.425 e. The van der Waals surface area contributed by atoms with Crippen LogP contribution in [0.3, 0.4) is 0 Å². The van der Waals surface area contributed by atoms with Crippen molar-refractivity contribution < 1.29 is 28.7 Å². The lowest BCUT2D eigenvalue weighted by Gasteiger charge is -2.29. The van der Waals surface area contributed by atoms with Gasteiger partial charge in [-0.15, -0.1) is 0 Å². The van der Waals surface area contributed by atoms with Gasteiger partial charge in [0.1, 0.15) is 22.8 Å². The highest BCUT2D eigenvalue weighted by Gasteiger charge is 2.33. The molecular weight excluding hydrogens is 713 g/mol. The number of rotatable bonds is 11. The Kier molecular flexibility index (Phi) is 14.3. The van der Waals surface area contributed by atoms with E-state index in [1.54, 1.807) is 47.6 Å². The minimum Gasteiger partial charge on any atom is -0.443 e. The predicted octanol–water partition coefficient (Wildman–Crippen LogP) is 7.64. The standard InChI is InChI=1S/C42H58N8O6/c1-41(2,3)55-39(53)50(40(54)56-42(4,5)6)35-22-15-29(27-44-35)28-45-38(52)47-32-18-16-30(17-19-32)34-21-20-33(36(48-34)46-31-13-9-7-10-14-31)37(51)43-23-26-49-24-11-8-12-25-49/h7,9-10,13-15,20-22,27,30,32H,8,11-12,16-19,23-26,28H2,1-6H3,(H,43,51)(H,46,48)(H2,45,47,52). The zero-order valence-electron chi connectivity index (χ0n) is 33.7. The van der Waals surface area contributed by atoms with Gasteiger partial charge < -0.3 is 35.6 Å². The van der Waals surface area contributed by atoms with E-state index in [0.29, 0.717) is 23.5 Å². The Morgan fingerprint density at radius 3 is 2.07 bits per heavy atom. The van der Waals surface area contributed by atoms with Crippen molar-refractivity contribution in [3.63, 3.8) is 0 Å². The third-order valence-corrected chi connectivity index (χ3v) is 9.48. The highest BCUT2D eigenvalue weighted by Crippen LogP contribution is 2.34. The van der Waals surface area contributed by atoms with Crippen LogP contribution in [0.2, 0.25) is 0 Å². The summed E-state index contributed by atoms with van der Waals surface area (Å²) in [5.41, 5.74) is 1.27. The molecule has 0 bridgehead atoms. The van der Waals surface area contributed by atoms with Gasteiger partial charge in [0.15, 0.2) is 0 Å². The molecule has 2 aromatic heterocycles. The predicted molar refractivity (Wildman–Crippen MR) is 216 cm³/mol. The molecule has 1 saturated heterocycles. The molecular formula is C42H58N8O6. The molecule has 3 heterocycles. The zero-order chi connectivity index (χ0) is 40.3. The number of hydrogen-bond acceptors (Lipinski definition) is 10. The first-order valence-electron chi connectivity index (χ1n) is 19.7. The van der Waals surface area contributed by atoms with Crippen LogP contribution in [0.1, 0.15) is 114 Å². The molecule has 5 amide bonds. The minimum absolute atomic E-state index is 0.00478. The maximum atomic E-state index is 13.4. The molecule has 14 nitrogen and oxygen atoms in total. The smallest absolute Gasteiger partial charge is 0.425 e. The summed E-state index contributed by atoms with van der Waals surface area (Å²) >= 11 is 0. The fourth-order valence-electron chi connectivity index (χ4n) is 6.73. The number of ether oxygens (including phenoxy) is 2. The van der Waals surface area contributed by atoms with Gasteiger partial charge in [0.2, 0.25) is 0 Å². The van der Waals surface area contributed by atoms with E-state index in [9.17, 15) is 19.2 Å². The van der Waals surface area contributed by atoms with Crippen molar-refractivity contribution in [1.29, 1.82) is 0 Å². The van der Waals surface area contributed by atoms with Crippen LogP contribution in [-0.2, 0) is 16.0 Å². The normalized spacial score (nSPS) is 17.6. The number of nitrogens with one attached hydrogen (secondary N) is 4. The molecule has 0 spiro atoms. The third-order valence-electron chi connectivity index (χ3n) is 9.48. The van der Waals surface area contributed by atoms with E-state index in [0.717, 1.165) is 61.6 Å². The highest BCUT2D eigenvalue weighted by atomic mass is 16.6. The number of pyridine rings is 2. The number of amides is 5. The van der Waals surface area contributed by atoms with E-state index in [1.807, 2.05) is 42.5 Å². The summed E-state index contributed by atoms with van der Waals surface area (Å²) in [6.45, 7) is 14.0. The topological polar surface area (TPSA) is 167 Å². The van der Waals surface area contributed by atoms with Crippen LogP contribution in [-0.4, -0.2) is 82.4 Å². The molecule has 0 radical (unpaired) electrons. The van der Waals surface area contributed by atoms with Gasteiger partial charge in [0.05, 0.1) is 5.56 Å². The molecule has 14 heteroatoms.